The number of amides is 3. The number of likely N-dealkylation sites (tertiary alicyclic amines) is 1. The van der Waals surface area contributed by atoms with Crippen LogP contribution >= 0.6 is 0 Å². The van der Waals surface area contributed by atoms with Crippen molar-refractivity contribution in [2.24, 2.45) is 11.8 Å². The topological polar surface area (TPSA) is 69.7 Å². The van der Waals surface area contributed by atoms with E-state index in [-0.39, 0.29) is 36.0 Å². The maximum absolute atomic E-state index is 13.1. The van der Waals surface area contributed by atoms with E-state index in [2.05, 4.69) is 25.2 Å². The maximum atomic E-state index is 13.1. The fraction of sp³-hybridized carbons (Fsp3) is 0.464. The minimum Gasteiger partial charge on any atom is -0.342 e. The number of carbonyl (C=O) groups is 3. The summed E-state index contributed by atoms with van der Waals surface area (Å²) < 4.78 is 0. The Labute approximate surface area is 202 Å². The first-order valence-corrected chi connectivity index (χ1v) is 12.4. The van der Waals surface area contributed by atoms with E-state index < -0.39 is 0 Å². The van der Waals surface area contributed by atoms with Crippen molar-refractivity contribution in [3.8, 4) is 0 Å². The first-order chi connectivity index (χ1) is 16.4. The molecule has 0 radical (unpaired) electrons. The van der Waals surface area contributed by atoms with Gasteiger partial charge < -0.3 is 15.1 Å². The monoisotopic (exact) mass is 461 g/mol. The Hall–Kier alpha value is -3.15. The van der Waals surface area contributed by atoms with Crippen molar-refractivity contribution in [3.63, 3.8) is 0 Å². The SMILES string of the molecule is CC[C@H](C)c1ccccc1NC(=O)C1CCN(C(=O)[C@H]2CC(=O)N(c3ccc(C)cc3)C2)CC1. The molecule has 2 aliphatic heterocycles. The predicted octanol–water partition coefficient (Wildman–Crippen LogP) is 4.74. The third-order valence-corrected chi connectivity index (χ3v) is 7.36. The highest BCUT2D eigenvalue weighted by molar-refractivity contribution is 6.00. The first-order valence-electron chi connectivity index (χ1n) is 12.4. The van der Waals surface area contributed by atoms with Crippen molar-refractivity contribution in [1.29, 1.82) is 0 Å². The van der Waals surface area contributed by atoms with Gasteiger partial charge in [0, 0.05) is 43.3 Å². The molecule has 2 aliphatic rings. The third kappa shape index (κ3) is 5.16. The number of anilines is 2. The van der Waals surface area contributed by atoms with Gasteiger partial charge in [-0.25, -0.2) is 0 Å². The summed E-state index contributed by atoms with van der Waals surface area (Å²) >= 11 is 0. The Morgan fingerprint density at radius 2 is 1.71 bits per heavy atom. The minimum absolute atomic E-state index is 0.00330. The first kappa shape index (κ1) is 24.0. The maximum Gasteiger partial charge on any atom is 0.228 e. The molecule has 0 saturated carbocycles. The van der Waals surface area contributed by atoms with Crippen LogP contribution in [0.4, 0.5) is 11.4 Å². The molecule has 6 nitrogen and oxygen atoms in total. The van der Waals surface area contributed by atoms with E-state index in [0.29, 0.717) is 38.4 Å². The zero-order chi connectivity index (χ0) is 24.2. The van der Waals surface area contributed by atoms with Crippen LogP contribution in [0.3, 0.4) is 0 Å². The fourth-order valence-electron chi connectivity index (χ4n) is 4.96. The molecule has 6 heteroatoms. The van der Waals surface area contributed by atoms with Gasteiger partial charge in [-0.1, -0.05) is 49.7 Å². The molecular weight excluding hydrogens is 426 g/mol. The van der Waals surface area contributed by atoms with Gasteiger partial charge >= 0.3 is 0 Å². The molecule has 3 amide bonds. The number of para-hydroxylation sites is 1. The van der Waals surface area contributed by atoms with Crippen molar-refractivity contribution in [1.82, 2.24) is 4.90 Å². The van der Waals surface area contributed by atoms with Gasteiger partial charge in [-0.05, 0) is 55.9 Å². The van der Waals surface area contributed by atoms with Crippen molar-refractivity contribution < 1.29 is 14.4 Å². The van der Waals surface area contributed by atoms with Gasteiger partial charge in [0.05, 0.1) is 5.92 Å². The smallest absolute Gasteiger partial charge is 0.228 e. The number of nitrogens with zero attached hydrogens (tertiary/aromatic N) is 2. The van der Waals surface area contributed by atoms with Crippen LogP contribution in [-0.4, -0.2) is 42.3 Å². The molecular formula is C28H35N3O3. The van der Waals surface area contributed by atoms with Crippen molar-refractivity contribution in [2.45, 2.75) is 52.4 Å². The highest BCUT2D eigenvalue weighted by atomic mass is 16.2. The van der Waals surface area contributed by atoms with Gasteiger partial charge in [0.1, 0.15) is 0 Å². The van der Waals surface area contributed by atoms with E-state index in [9.17, 15) is 14.4 Å². The molecule has 0 aliphatic carbocycles. The van der Waals surface area contributed by atoms with Crippen LogP contribution in [0.5, 0.6) is 0 Å². The molecule has 0 bridgehead atoms. The van der Waals surface area contributed by atoms with Crippen LogP contribution in [0.25, 0.3) is 0 Å². The number of nitrogens with one attached hydrogen (secondary N) is 1. The normalized spacial score (nSPS) is 19.9. The summed E-state index contributed by atoms with van der Waals surface area (Å²) in [6, 6.07) is 15.8. The van der Waals surface area contributed by atoms with Gasteiger partial charge in [-0.2, -0.15) is 0 Å². The molecule has 2 aromatic carbocycles. The molecule has 2 atom stereocenters. The number of hydrogen-bond donors (Lipinski definition) is 1. The lowest BCUT2D eigenvalue weighted by atomic mass is 9.93. The zero-order valence-corrected chi connectivity index (χ0v) is 20.4. The molecule has 34 heavy (non-hydrogen) atoms. The summed E-state index contributed by atoms with van der Waals surface area (Å²) in [5.41, 5.74) is 4.04. The van der Waals surface area contributed by atoms with E-state index in [1.54, 1.807) is 4.90 Å². The van der Waals surface area contributed by atoms with E-state index in [1.807, 2.05) is 54.3 Å². The number of piperidine rings is 1. The molecule has 0 unspecified atom stereocenters. The number of hydrogen-bond acceptors (Lipinski definition) is 3. The quantitative estimate of drug-likeness (QED) is 0.676. The molecule has 2 saturated heterocycles. The van der Waals surface area contributed by atoms with Gasteiger partial charge in [0.25, 0.3) is 0 Å². The van der Waals surface area contributed by atoms with E-state index >= 15 is 0 Å². The lowest BCUT2D eigenvalue weighted by Gasteiger charge is -2.33. The van der Waals surface area contributed by atoms with E-state index in [0.717, 1.165) is 28.9 Å². The largest absolute Gasteiger partial charge is 0.342 e. The Kier molecular flexibility index (Phi) is 7.35. The van der Waals surface area contributed by atoms with Gasteiger partial charge in [0.2, 0.25) is 17.7 Å². The van der Waals surface area contributed by atoms with Gasteiger partial charge in [0.15, 0.2) is 0 Å². The lowest BCUT2D eigenvalue weighted by molar-refractivity contribution is -0.138. The van der Waals surface area contributed by atoms with Crippen molar-refractivity contribution in [3.05, 3.63) is 59.7 Å². The summed E-state index contributed by atoms with van der Waals surface area (Å²) in [6.07, 6.45) is 2.55. The van der Waals surface area contributed by atoms with Gasteiger partial charge in [-0.3, -0.25) is 14.4 Å². The summed E-state index contributed by atoms with van der Waals surface area (Å²) in [7, 11) is 0. The highest BCUT2D eigenvalue weighted by Crippen LogP contribution is 2.30. The van der Waals surface area contributed by atoms with Crippen LogP contribution in [0.2, 0.25) is 0 Å². The second kappa shape index (κ2) is 10.4. The molecule has 2 heterocycles. The van der Waals surface area contributed by atoms with Crippen molar-refractivity contribution >= 4 is 29.1 Å². The van der Waals surface area contributed by atoms with E-state index in [4.69, 9.17) is 0 Å². The summed E-state index contributed by atoms with van der Waals surface area (Å²) in [5, 5.41) is 3.13. The summed E-state index contributed by atoms with van der Waals surface area (Å²) in [4.78, 5) is 42.2. The average molecular weight is 462 g/mol. The van der Waals surface area contributed by atoms with Crippen molar-refractivity contribution in [2.75, 3.05) is 29.9 Å². The number of benzene rings is 2. The zero-order valence-electron chi connectivity index (χ0n) is 20.4. The van der Waals surface area contributed by atoms with Crippen LogP contribution in [0.1, 0.15) is 56.6 Å². The second-order valence-corrected chi connectivity index (χ2v) is 9.73. The third-order valence-electron chi connectivity index (χ3n) is 7.36. The molecule has 180 valence electrons. The highest BCUT2D eigenvalue weighted by Gasteiger charge is 2.38. The summed E-state index contributed by atoms with van der Waals surface area (Å²) in [6.45, 7) is 7.86. The predicted molar refractivity (Wildman–Crippen MR) is 135 cm³/mol. The molecule has 0 spiro atoms. The molecule has 0 aromatic heterocycles. The number of carbonyl (C=O) groups excluding carboxylic acids is 3. The van der Waals surface area contributed by atoms with Crippen LogP contribution in [-0.2, 0) is 14.4 Å². The summed E-state index contributed by atoms with van der Waals surface area (Å²) in [5.74, 6) is 0.0132. The molecule has 4 rings (SSSR count). The fourth-order valence-corrected chi connectivity index (χ4v) is 4.96. The molecule has 2 aromatic rings. The Morgan fingerprint density at radius 3 is 2.38 bits per heavy atom. The Bertz CT molecular complexity index is 1040. The Morgan fingerprint density at radius 1 is 1.03 bits per heavy atom. The molecule has 1 N–H and O–H groups in total. The van der Waals surface area contributed by atoms with E-state index in [1.165, 1.54) is 0 Å². The molecule has 2 fully saturated rings. The second-order valence-electron chi connectivity index (χ2n) is 9.73. The van der Waals surface area contributed by atoms with Crippen LogP contribution in [0, 0.1) is 18.8 Å². The van der Waals surface area contributed by atoms with Crippen LogP contribution < -0.4 is 10.2 Å². The van der Waals surface area contributed by atoms with Gasteiger partial charge in [-0.15, -0.1) is 0 Å². The standard InChI is InChI=1S/C28H35N3O3/c1-4-20(3)24-7-5-6-8-25(24)29-27(33)21-13-15-30(16-14-21)28(34)22-17-26(32)31(18-22)23-11-9-19(2)10-12-23/h5-12,20-22H,4,13-18H2,1-3H3,(H,29,33)/t20-,22-/m0/s1. The average Bonchev–Trinajstić information content (AvgIpc) is 3.25. The van der Waals surface area contributed by atoms with Crippen LogP contribution in [0.15, 0.2) is 48.5 Å². The number of rotatable bonds is 6. The number of aryl methyl sites for hydroxylation is 1. The lowest BCUT2D eigenvalue weighted by Crippen LogP contribution is -2.44. The minimum atomic E-state index is -0.318. The Balaban J connectivity index is 1.31.